The minimum absolute atomic E-state index is 0.00679. The number of piperidine rings is 2. The molecule has 3 aromatic rings. The van der Waals surface area contributed by atoms with Gasteiger partial charge in [0.25, 0.3) is 5.91 Å². The lowest BCUT2D eigenvalue weighted by Gasteiger charge is -2.49. The topological polar surface area (TPSA) is 111 Å². The SMILES string of the molecule is N#Cc1cccc([N+]2(C(=O)c3ccc4c(c3)C(NC(=O)c3ccccc3Cl)CC4)CCC3(CCN(C(=O)O)CC3)CC2)c1. The van der Waals surface area contributed by atoms with Gasteiger partial charge in [0.15, 0.2) is 0 Å². The van der Waals surface area contributed by atoms with Crippen molar-refractivity contribution >= 4 is 35.2 Å². The first-order valence-electron chi connectivity index (χ1n) is 14.8. The highest BCUT2D eigenvalue weighted by atomic mass is 35.5. The molecule has 3 aliphatic rings. The van der Waals surface area contributed by atoms with E-state index in [0.29, 0.717) is 47.9 Å². The van der Waals surface area contributed by atoms with Crippen LogP contribution in [0.3, 0.4) is 0 Å². The number of carboxylic acid groups (broad SMARTS) is 1. The first-order chi connectivity index (χ1) is 20.7. The van der Waals surface area contributed by atoms with Crippen LogP contribution in [0.25, 0.3) is 0 Å². The summed E-state index contributed by atoms with van der Waals surface area (Å²) in [6, 6.07) is 22.1. The van der Waals surface area contributed by atoms with Gasteiger partial charge in [-0.25, -0.2) is 14.1 Å². The Balaban J connectivity index is 1.29. The van der Waals surface area contributed by atoms with E-state index in [9.17, 15) is 24.8 Å². The zero-order valence-corrected chi connectivity index (χ0v) is 24.6. The second-order valence-corrected chi connectivity index (χ2v) is 12.5. The third kappa shape index (κ3) is 5.39. The lowest BCUT2D eigenvalue weighted by molar-refractivity contribution is 0.0332. The summed E-state index contributed by atoms with van der Waals surface area (Å²) in [5, 5.41) is 22.6. The molecule has 0 aromatic heterocycles. The predicted octanol–water partition coefficient (Wildman–Crippen LogP) is 6.33. The molecule has 2 fully saturated rings. The number of nitriles is 1. The van der Waals surface area contributed by atoms with Crippen molar-refractivity contribution in [3.63, 3.8) is 0 Å². The van der Waals surface area contributed by atoms with Crippen LogP contribution in [0.2, 0.25) is 5.02 Å². The number of carbonyl (C=O) groups excluding carboxylic acids is 2. The molecule has 9 heteroatoms. The normalized spacial score (nSPS) is 20.2. The van der Waals surface area contributed by atoms with Crippen LogP contribution in [0.4, 0.5) is 10.5 Å². The Morgan fingerprint density at radius 2 is 1.72 bits per heavy atom. The number of hydrogen-bond acceptors (Lipinski definition) is 4. The quantitative estimate of drug-likeness (QED) is 0.341. The van der Waals surface area contributed by atoms with E-state index in [4.69, 9.17) is 11.6 Å². The van der Waals surface area contributed by atoms with E-state index in [1.807, 2.05) is 36.4 Å². The van der Waals surface area contributed by atoms with E-state index in [1.165, 1.54) is 4.90 Å². The molecule has 0 radical (unpaired) electrons. The second-order valence-electron chi connectivity index (χ2n) is 12.1. The number of nitrogens with zero attached hydrogens (tertiary/aromatic N) is 3. The zero-order chi connectivity index (χ0) is 30.2. The molecular formula is C34H34ClN4O4+. The minimum Gasteiger partial charge on any atom is -0.465 e. The molecular weight excluding hydrogens is 564 g/mol. The van der Waals surface area contributed by atoms with Crippen molar-refractivity contribution in [3.8, 4) is 6.07 Å². The predicted molar refractivity (Wildman–Crippen MR) is 164 cm³/mol. The summed E-state index contributed by atoms with van der Waals surface area (Å²) < 4.78 is 0.106. The Hall–Kier alpha value is -4.19. The van der Waals surface area contributed by atoms with Gasteiger partial charge in [-0.15, -0.1) is 0 Å². The summed E-state index contributed by atoms with van der Waals surface area (Å²) >= 11 is 6.27. The van der Waals surface area contributed by atoms with Gasteiger partial charge in [-0.1, -0.05) is 35.9 Å². The number of benzene rings is 3. The Kier molecular flexibility index (Phi) is 7.72. The van der Waals surface area contributed by atoms with Gasteiger partial charge >= 0.3 is 12.0 Å². The van der Waals surface area contributed by atoms with Crippen LogP contribution in [0.1, 0.15) is 75.6 Å². The fourth-order valence-corrected chi connectivity index (χ4v) is 7.42. The Labute approximate surface area is 256 Å². The smallest absolute Gasteiger partial charge is 0.407 e. The molecule has 3 amide bonds. The average molecular weight is 598 g/mol. The van der Waals surface area contributed by atoms with Crippen molar-refractivity contribution in [3.05, 3.63) is 99.6 Å². The summed E-state index contributed by atoms with van der Waals surface area (Å²) in [6.45, 7) is 2.17. The van der Waals surface area contributed by atoms with Crippen LogP contribution in [0, 0.1) is 16.7 Å². The van der Waals surface area contributed by atoms with Gasteiger partial charge in [0.05, 0.1) is 46.9 Å². The highest BCUT2D eigenvalue weighted by molar-refractivity contribution is 6.33. The molecule has 0 saturated carbocycles. The van der Waals surface area contributed by atoms with Gasteiger partial charge in [0, 0.05) is 32.0 Å². The van der Waals surface area contributed by atoms with Crippen molar-refractivity contribution in [2.75, 3.05) is 26.2 Å². The molecule has 1 spiro atoms. The summed E-state index contributed by atoms with van der Waals surface area (Å²) in [4.78, 5) is 40.7. The highest BCUT2D eigenvalue weighted by Crippen LogP contribution is 2.46. The van der Waals surface area contributed by atoms with E-state index >= 15 is 0 Å². The van der Waals surface area contributed by atoms with Crippen molar-refractivity contribution in [2.45, 2.75) is 44.6 Å². The summed E-state index contributed by atoms with van der Waals surface area (Å²) in [6.07, 6.45) is 3.84. The molecule has 3 aromatic carbocycles. The van der Waals surface area contributed by atoms with E-state index in [1.54, 1.807) is 30.3 Å². The number of hydrogen-bond donors (Lipinski definition) is 2. The largest absolute Gasteiger partial charge is 0.465 e. The standard InChI is InChI=1S/C34H33ClN4O4/c35-29-7-2-1-6-27(29)31(40)37-30-11-10-24-8-9-25(21-28(24)30)32(41)39(26-5-3-4-23(20-26)22-36)18-14-34(15-19-39)12-16-38(17-13-34)33(42)43/h1-9,20-21,30H,10-19H2,(H-,37,40,42,43)/p+1. The molecule has 1 aliphatic carbocycles. The molecule has 6 rings (SSSR count). The van der Waals surface area contributed by atoms with Crippen molar-refractivity contribution in [1.82, 2.24) is 14.7 Å². The number of aryl methyl sites for hydroxylation is 1. The van der Waals surface area contributed by atoms with Crippen molar-refractivity contribution < 1.29 is 19.5 Å². The third-order valence-electron chi connectivity index (χ3n) is 9.89. The Bertz CT molecular complexity index is 1630. The minimum atomic E-state index is -0.878. The van der Waals surface area contributed by atoms with Gasteiger partial charge in [-0.05, 0) is 78.6 Å². The molecule has 1 unspecified atom stereocenters. The number of rotatable bonds is 4. The van der Waals surface area contributed by atoms with Crippen LogP contribution < -0.4 is 9.80 Å². The van der Waals surface area contributed by atoms with Crippen LogP contribution in [-0.4, -0.2) is 54.1 Å². The van der Waals surface area contributed by atoms with Crippen LogP contribution in [-0.2, 0) is 6.42 Å². The molecule has 2 N–H and O–H groups in total. The number of carbonyl (C=O) groups is 3. The van der Waals surface area contributed by atoms with Gasteiger partial charge < -0.3 is 15.3 Å². The maximum absolute atomic E-state index is 14.6. The van der Waals surface area contributed by atoms with Crippen LogP contribution in [0.5, 0.6) is 0 Å². The van der Waals surface area contributed by atoms with Crippen LogP contribution >= 0.6 is 11.6 Å². The summed E-state index contributed by atoms with van der Waals surface area (Å²) in [7, 11) is 0. The highest BCUT2D eigenvalue weighted by Gasteiger charge is 2.50. The van der Waals surface area contributed by atoms with E-state index in [2.05, 4.69) is 11.4 Å². The van der Waals surface area contributed by atoms with Gasteiger partial charge in [0.2, 0.25) is 0 Å². The van der Waals surface area contributed by atoms with E-state index in [-0.39, 0.29) is 27.8 Å². The number of quaternary nitrogens is 1. The van der Waals surface area contributed by atoms with Gasteiger partial charge in [-0.2, -0.15) is 5.26 Å². The van der Waals surface area contributed by atoms with Gasteiger partial charge in [0.1, 0.15) is 5.69 Å². The number of fused-ring (bicyclic) bond motifs is 1. The molecule has 43 heavy (non-hydrogen) atoms. The van der Waals surface area contributed by atoms with Crippen molar-refractivity contribution in [1.29, 1.82) is 5.26 Å². The molecule has 1 atom stereocenters. The average Bonchev–Trinajstić information content (AvgIpc) is 3.43. The van der Waals surface area contributed by atoms with Crippen LogP contribution in [0.15, 0.2) is 66.7 Å². The first-order valence-corrected chi connectivity index (χ1v) is 15.2. The number of amides is 3. The zero-order valence-electron chi connectivity index (χ0n) is 23.9. The second kappa shape index (κ2) is 11.5. The fraction of sp³-hybridized carbons (Fsp3) is 0.353. The number of likely N-dealkylation sites (tertiary alicyclic amines) is 2. The lowest BCUT2D eigenvalue weighted by Crippen LogP contribution is -2.61. The molecule has 2 aliphatic heterocycles. The summed E-state index contributed by atoms with van der Waals surface area (Å²) in [5.74, 6) is -0.272. The van der Waals surface area contributed by atoms with Gasteiger partial charge in [-0.3, -0.25) is 4.79 Å². The van der Waals surface area contributed by atoms with Crippen molar-refractivity contribution in [2.24, 2.45) is 5.41 Å². The molecule has 220 valence electrons. The number of halogens is 1. The number of nitrogens with one attached hydrogen (secondary N) is 1. The Morgan fingerprint density at radius 1 is 0.977 bits per heavy atom. The van der Waals surface area contributed by atoms with E-state index < -0.39 is 6.09 Å². The monoisotopic (exact) mass is 597 g/mol. The fourth-order valence-electron chi connectivity index (χ4n) is 7.20. The molecule has 0 bridgehead atoms. The maximum atomic E-state index is 14.6. The third-order valence-corrected chi connectivity index (χ3v) is 10.2. The first kappa shape index (κ1) is 28.9. The molecule has 2 heterocycles. The van der Waals surface area contributed by atoms with E-state index in [0.717, 1.165) is 55.3 Å². The Morgan fingerprint density at radius 3 is 2.42 bits per heavy atom. The maximum Gasteiger partial charge on any atom is 0.407 e. The molecule has 8 nitrogen and oxygen atoms in total. The summed E-state index contributed by atoms with van der Waals surface area (Å²) in [5.41, 5.74) is 4.37. The lowest BCUT2D eigenvalue weighted by atomic mass is 9.70. The molecule has 2 saturated heterocycles.